The normalized spacial score (nSPS) is 11.9. The highest BCUT2D eigenvalue weighted by Gasteiger charge is 2.17. The minimum Gasteiger partial charge on any atom is -0.467 e. The highest BCUT2D eigenvalue weighted by atomic mass is 19.1. The second kappa shape index (κ2) is 8.26. The van der Waals surface area contributed by atoms with Crippen LogP contribution in [0.25, 0.3) is 0 Å². The van der Waals surface area contributed by atoms with Crippen LogP contribution in [-0.4, -0.2) is 12.5 Å². The monoisotopic (exact) mass is 338 g/mol. The van der Waals surface area contributed by atoms with Crippen LogP contribution in [0, 0.1) is 5.82 Å². The predicted octanol–water partition coefficient (Wildman–Crippen LogP) is 3.41. The van der Waals surface area contributed by atoms with Crippen LogP contribution in [0.4, 0.5) is 4.39 Å². The molecule has 0 bridgehead atoms. The maximum absolute atomic E-state index is 13.6. The van der Waals surface area contributed by atoms with Crippen LogP contribution in [0.2, 0.25) is 0 Å². The van der Waals surface area contributed by atoms with Gasteiger partial charge < -0.3 is 9.73 Å². The molecule has 25 heavy (non-hydrogen) atoms. The van der Waals surface area contributed by atoms with Crippen molar-refractivity contribution in [3.8, 4) is 0 Å². The van der Waals surface area contributed by atoms with Crippen molar-refractivity contribution in [1.29, 1.82) is 0 Å². The molecule has 4 nitrogen and oxygen atoms in total. The average molecular weight is 338 g/mol. The topological polar surface area (TPSA) is 54.3 Å². The molecule has 3 aromatic rings. The number of halogens is 1. The fraction of sp³-hybridized carbons (Fsp3) is 0.150. The molecule has 1 amide bonds. The summed E-state index contributed by atoms with van der Waals surface area (Å²) in [6.45, 7) is 0.249. The molecule has 1 heterocycles. The van der Waals surface area contributed by atoms with Crippen molar-refractivity contribution in [2.24, 2.45) is 0 Å². The lowest BCUT2D eigenvalue weighted by molar-refractivity contribution is -0.120. The van der Waals surface area contributed by atoms with Gasteiger partial charge in [-0.1, -0.05) is 48.5 Å². The second-order valence-corrected chi connectivity index (χ2v) is 5.61. The minimum absolute atomic E-state index is 0.0920. The van der Waals surface area contributed by atoms with E-state index in [1.54, 1.807) is 24.5 Å². The standard InChI is InChI=1S/C20H19FN2O2/c21-17-10-5-4-9-16(17)13-22-19(24)14-23-20(18-11-6-12-25-18)15-7-2-1-3-8-15/h1-12,20,23H,13-14H2,(H,22,24)/t20-/m0/s1. The first-order valence-electron chi connectivity index (χ1n) is 8.06. The van der Waals surface area contributed by atoms with E-state index in [1.165, 1.54) is 6.07 Å². The Morgan fingerprint density at radius 3 is 2.48 bits per heavy atom. The van der Waals surface area contributed by atoms with E-state index in [0.29, 0.717) is 5.56 Å². The Balaban J connectivity index is 1.60. The van der Waals surface area contributed by atoms with Crippen molar-refractivity contribution in [2.75, 3.05) is 6.54 Å². The smallest absolute Gasteiger partial charge is 0.234 e. The van der Waals surface area contributed by atoms with Crippen LogP contribution in [0.3, 0.4) is 0 Å². The summed E-state index contributed by atoms with van der Waals surface area (Å²) in [5, 5.41) is 5.91. The van der Waals surface area contributed by atoms with Gasteiger partial charge in [0.15, 0.2) is 0 Å². The quantitative estimate of drug-likeness (QED) is 0.694. The SMILES string of the molecule is O=C(CN[C@@H](c1ccccc1)c1ccco1)NCc1ccccc1F. The maximum atomic E-state index is 13.6. The minimum atomic E-state index is -0.325. The summed E-state index contributed by atoms with van der Waals surface area (Å²) in [6, 6.07) is 19.6. The predicted molar refractivity (Wildman–Crippen MR) is 93.2 cm³/mol. The second-order valence-electron chi connectivity index (χ2n) is 5.61. The lowest BCUT2D eigenvalue weighted by Crippen LogP contribution is -2.35. The molecule has 0 aliphatic carbocycles. The van der Waals surface area contributed by atoms with Crippen molar-refractivity contribution in [2.45, 2.75) is 12.6 Å². The van der Waals surface area contributed by atoms with Gasteiger partial charge in [0.25, 0.3) is 0 Å². The first-order chi connectivity index (χ1) is 12.2. The number of nitrogens with one attached hydrogen (secondary N) is 2. The summed E-state index contributed by atoms with van der Waals surface area (Å²) >= 11 is 0. The average Bonchev–Trinajstić information content (AvgIpc) is 3.16. The number of benzene rings is 2. The van der Waals surface area contributed by atoms with E-state index >= 15 is 0 Å². The molecule has 0 fully saturated rings. The first kappa shape index (κ1) is 16.9. The highest BCUT2D eigenvalue weighted by Crippen LogP contribution is 2.21. The number of amides is 1. The maximum Gasteiger partial charge on any atom is 0.234 e. The molecule has 0 spiro atoms. The summed E-state index contributed by atoms with van der Waals surface area (Å²) in [6.07, 6.45) is 1.60. The zero-order chi connectivity index (χ0) is 17.5. The number of carbonyl (C=O) groups is 1. The summed E-state index contributed by atoms with van der Waals surface area (Å²) in [5.41, 5.74) is 1.46. The van der Waals surface area contributed by atoms with Crippen molar-refractivity contribution >= 4 is 5.91 Å². The summed E-state index contributed by atoms with van der Waals surface area (Å²) in [5.74, 6) is 0.192. The molecule has 2 aromatic carbocycles. The lowest BCUT2D eigenvalue weighted by atomic mass is 10.0. The molecule has 0 saturated heterocycles. The van der Waals surface area contributed by atoms with Crippen LogP contribution in [0.5, 0.6) is 0 Å². The third-order valence-electron chi connectivity index (χ3n) is 3.86. The number of hydrogen-bond donors (Lipinski definition) is 2. The van der Waals surface area contributed by atoms with E-state index < -0.39 is 0 Å². The molecule has 0 aliphatic rings. The van der Waals surface area contributed by atoms with E-state index in [4.69, 9.17) is 4.42 Å². The Morgan fingerprint density at radius 2 is 1.76 bits per heavy atom. The molecule has 128 valence electrons. The Hall–Kier alpha value is -2.92. The van der Waals surface area contributed by atoms with Gasteiger partial charge in [-0.25, -0.2) is 4.39 Å². The third-order valence-corrected chi connectivity index (χ3v) is 3.86. The molecule has 1 aromatic heterocycles. The Bertz CT molecular complexity index is 804. The molecular formula is C20H19FN2O2. The fourth-order valence-corrected chi connectivity index (χ4v) is 2.58. The van der Waals surface area contributed by atoms with Crippen LogP contribution in [0.15, 0.2) is 77.4 Å². The molecule has 3 rings (SSSR count). The van der Waals surface area contributed by atoms with E-state index in [0.717, 1.165) is 11.3 Å². The van der Waals surface area contributed by atoms with Crippen LogP contribution in [0.1, 0.15) is 22.9 Å². The van der Waals surface area contributed by atoms with Crippen molar-refractivity contribution < 1.29 is 13.6 Å². The molecule has 2 N–H and O–H groups in total. The van der Waals surface area contributed by atoms with E-state index in [-0.39, 0.29) is 30.9 Å². The van der Waals surface area contributed by atoms with E-state index in [1.807, 2.05) is 42.5 Å². The summed E-state index contributed by atoms with van der Waals surface area (Å²) in [4.78, 5) is 12.1. The third kappa shape index (κ3) is 4.55. The van der Waals surface area contributed by atoms with Gasteiger partial charge in [0.05, 0.1) is 18.8 Å². The summed E-state index contributed by atoms with van der Waals surface area (Å²) in [7, 11) is 0. The number of furan rings is 1. The Labute approximate surface area is 145 Å². The van der Waals surface area contributed by atoms with Crippen molar-refractivity contribution in [3.63, 3.8) is 0 Å². The fourth-order valence-electron chi connectivity index (χ4n) is 2.58. The van der Waals surface area contributed by atoms with Gasteiger partial charge in [0.1, 0.15) is 11.6 Å². The number of rotatable bonds is 7. The van der Waals surface area contributed by atoms with Gasteiger partial charge in [-0.3, -0.25) is 10.1 Å². The molecule has 0 radical (unpaired) electrons. The van der Waals surface area contributed by atoms with Gasteiger partial charge in [-0.15, -0.1) is 0 Å². The lowest BCUT2D eigenvalue weighted by Gasteiger charge is -2.17. The van der Waals surface area contributed by atoms with Crippen LogP contribution < -0.4 is 10.6 Å². The van der Waals surface area contributed by atoms with Gasteiger partial charge in [0.2, 0.25) is 5.91 Å². The van der Waals surface area contributed by atoms with Gasteiger partial charge >= 0.3 is 0 Å². The number of carbonyl (C=O) groups excluding carboxylic acids is 1. The Kier molecular flexibility index (Phi) is 5.59. The van der Waals surface area contributed by atoms with E-state index in [9.17, 15) is 9.18 Å². The molecule has 0 unspecified atom stereocenters. The van der Waals surface area contributed by atoms with Gasteiger partial charge in [-0.05, 0) is 23.8 Å². The largest absolute Gasteiger partial charge is 0.467 e. The van der Waals surface area contributed by atoms with E-state index in [2.05, 4.69) is 10.6 Å². The zero-order valence-corrected chi connectivity index (χ0v) is 13.6. The summed E-state index contributed by atoms with van der Waals surface area (Å²) < 4.78 is 19.1. The van der Waals surface area contributed by atoms with Gasteiger partial charge in [0, 0.05) is 12.1 Å². The molecule has 0 saturated carbocycles. The molecular weight excluding hydrogens is 319 g/mol. The molecule has 0 aliphatic heterocycles. The molecule has 1 atom stereocenters. The van der Waals surface area contributed by atoms with Crippen LogP contribution >= 0.6 is 0 Å². The van der Waals surface area contributed by atoms with Crippen molar-refractivity contribution in [1.82, 2.24) is 10.6 Å². The van der Waals surface area contributed by atoms with Crippen LogP contribution in [-0.2, 0) is 11.3 Å². The highest BCUT2D eigenvalue weighted by molar-refractivity contribution is 5.78. The Morgan fingerprint density at radius 1 is 1.00 bits per heavy atom. The van der Waals surface area contributed by atoms with Crippen molar-refractivity contribution in [3.05, 3.63) is 95.7 Å². The first-order valence-corrected chi connectivity index (χ1v) is 8.06. The number of hydrogen-bond acceptors (Lipinski definition) is 3. The van der Waals surface area contributed by atoms with Gasteiger partial charge in [-0.2, -0.15) is 0 Å². The zero-order valence-electron chi connectivity index (χ0n) is 13.6. The molecule has 5 heteroatoms.